The highest BCUT2D eigenvalue weighted by atomic mass is 16.4. The number of rotatable bonds is 6. The Morgan fingerprint density at radius 2 is 1.62 bits per heavy atom. The Bertz CT molecular complexity index is 771. The van der Waals surface area contributed by atoms with Crippen molar-refractivity contribution in [3.05, 3.63) is 90.0 Å². The number of H-pyrrole nitrogens is 1. The molecule has 0 amide bonds. The zero-order valence-corrected chi connectivity index (χ0v) is 13.0. The molecule has 1 aromatic heterocycles. The van der Waals surface area contributed by atoms with Crippen LogP contribution in [0.1, 0.15) is 16.8 Å². The zero-order chi connectivity index (χ0) is 16.8. The molecule has 0 fully saturated rings. The number of aliphatic carboxylic acids is 1. The number of carboxylic acid groups (broad SMARTS) is 1. The lowest BCUT2D eigenvalue weighted by Gasteiger charge is -2.12. The van der Waals surface area contributed by atoms with Crippen molar-refractivity contribution < 1.29 is 9.90 Å². The van der Waals surface area contributed by atoms with Crippen LogP contribution in [0.15, 0.2) is 78.2 Å². The van der Waals surface area contributed by atoms with Gasteiger partial charge in [-0.3, -0.25) is 4.99 Å². The first-order valence-corrected chi connectivity index (χ1v) is 7.63. The van der Waals surface area contributed by atoms with Gasteiger partial charge in [0, 0.05) is 29.4 Å². The van der Waals surface area contributed by atoms with E-state index in [1.807, 2.05) is 60.7 Å². The number of aliphatic imine (C=N–C) groups is 1. The molecular formula is C19H17N3O2. The average Bonchev–Trinajstić information content (AvgIpc) is 3.13. The summed E-state index contributed by atoms with van der Waals surface area (Å²) in [6.07, 6.45) is 3.42. The molecule has 2 aromatic carbocycles. The van der Waals surface area contributed by atoms with Gasteiger partial charge in [-0.1, -0.05) is 60.7 Å². The maximum Gasteiger partial charge on any atom is 0.328 e. The van der Waals surface area contributed by atoms with Gasteiger partial charge in [0.25, 0.3) is 0 Å². The maximum absolute atomic E-state index is 11.7. The van der Waals surface area contributed by atoms with Gasteiger partial charge < -0.3 is 10.1 Å². The van der Waals surface area contributed by atoms with Gasteiger partial charge in [-0.05, 0) is 0 Å². The van der Waals surface area contributed by atoms with Crippen LogP contribution in [-0.2, 0) is 11.2 Å². The first-order valence-electron chi connectivity index (χ1n) is 7.63. The highest BCUT2D eigenvalue weighted by Crippen LogP contribution is 2.14. The zero-order valence-electron chi connectivity index (χ0n) is 13.0. The Labute approximate surface area is 139 Å². The summed E-state index contributed by atoms with van der Waals surface area (Å²) < 4.78 is 0. The van der Waals surface area contributed by atoms with E-state index in [0.717, 1.165) is 16.8 Å². The van der Waals surface area contributed by atoms with E-state index in [-0.39, 0.29) is 6.42 Å². The highest BCUT2D eigenvalue weighted by Gasteiger charge is 2.20. The molecule has 1 atom stereocenters. The topological polar surface area (TPSA) is 78.3 Å². The quantitative estimate of drug-likeness (QED) is 0.686. The molecule has 5 heteroatoms. The van der Waals surface area contributed by atoms with Crippen molar-refractivity contribution >= 4 is 11.7 Å². The first kappa shape index (κ1) is 15.7. The Kier molecular flexibility index (Phi) is 4.81. The van der Waals surface area contributed by atoms with E-state index in [2.05, 4.69) is 15.0 Å². The monoisotopic (exact) mass is 319 g/mol. The van der Waals surface area contributed by atoms with E-state index in [4.69, 9.17) is 0 Å². The van der Waals surface area contributed by atoms with Gasteiger partial charge in [0.15, 0.2) is 6.04 Å². The molecule has 0 aliphatic heterocycles. The number of carboxylic acids is 1. The number of hydrogen-bond acceptors (Lipinski definition) is 3. The second-order valence-corrected chi connectivity index (χ2v) is 5.34. The maximum atomic E-state index is 11.7. The van der Waals surface area contributed by atoms with Gasteiger partial charge >= 0.3 is 5.97 Å². The average molecular weight is 319 g/mol. The third-order valence-corrected chi connectivity index (χ3v) is 3.63. The number of hydrogen-bond donors (Lipinski definition) is 2. The summed E-state index contributed by atoms with van der Waals surface area (Å²) >= 11 is 0. The second-order valence-electron chi connectivity index (χ2n) is 5.34. The molecule has 0 bridgehead atoms. The van der Waals surface area contributed by atoms with Gasteiger partial charge in [-0.2, -0.15) is 0 Å². The molecule has 0 aliphatic rings. The molecular weight excluding hydrogens is 302 g/mol. The highest BCUT2D eigenvalue weighted by molar-refractivity contribution is 6.13. The predicted molar refractivity (Wildman–Crippen MR) is 92.2 cm³/mol. The third kappa shape index (κ3) is 3.76. The third-order valence-electron chi connectivity index (χ3n) is 3.63. The summed E-state index contributed by atoms with van der Waals surface area (Å²) in [6.45, 7) is 0. The van der Waals surface area contributed by atoms with Crippen LogP contribution in [0.5, 0.6) is 0 Å². The summed E-state index contributed by atoms with van der Waals surface area (Å²) in [4.78, 5) is 23.1. The molecule has 0 spiro atoms. The van der Waals surface area contributed by atoms with Crippen LogP contribution >= 0.6 is 0 Å². The Hall–Kier alpha value is -3.21. The molecule has 0 unspecified atom stereocenters. The van der Waals surface area contributed by atoms with Crippen LogP contribution < -0.4 is 0 Å². The standard InChI is InChI=1S/C19H17N3O2/c23-19(24)17(11-16-12-20-13-21-16)22-18(14-7-3-1-4-8-14)15-9-5-2-6-10-15/h1-10,12-13,17H,11H2,(H,20,21)(H,23,24)/t17-/m0/s1. The number of nitrogens with zero attached hydrogens (tertiary/aromatic N) is 2. The number of benzene rings is 2. The van der Waals surface area contributed by atoms with Crippen molar-refractivity contribution in [3.63, 3.8) is 0 Å². The number of aromatic amines is 1. The Balaban J connectivity index is 2.02. The van der Waals surface area contributed by atoms with Crippen LogP contribution in [0.25, 0.3) is 0 Å². The SMILES string of the molecule is O=C(O)[C@H](Cc1cnc[nH]1)N=C(c1ccccc1)c1ccccc1. The fourth-order valence-electron chi connectivity index (χ4n) is 2.46. The minimum absolute atomic E-state index is 0.262. The van der Waals surface area contributed by atoms with Gasteiger partial charge in [-0.25, -0.2) is 9.78 Å². The van der Waals surface area contributed by atoms with E-state index in [0.29, 0.717) is 5.71 Å². The van der Waals surface area contributed by atoms with Gasteiger partial charge in [0.1, 0.15) is 0 Å². The molecule has 5 nitrogen and oxygen atoms in total. The number of imidazole rings is 1. The number of carbonyl (C=O) groups is 1. The molecule has 2 N–H and O–H groups in total. The van der Waals surface area contributed by atoms with Crippen molar-refractivity contribution in [2.45, 2.75) is 12.5 Å². The minimum Gasteiger partial charge on any atom is -0.480 e. The summed E-state index contributed by atoms with van der Waals surface area (Å²) in [5, 5.41) is 9.57. The summed E-state index contributed by atoms with van der Waals surface area (Å²) in [6, 6.07) is 18.3. The molecule has 0 aliphatic carbocycles. The van der Waals surface area contributed by atoms with Crippen molar-refractivity contribution in [2.24, 2.45) is 4.99 Å². The van der Waals surface area contributed by atoms with Gasteiger partial charge in [-0.15, -0.1) is 0 Å². The lowest BCUT2D eigenvalue weighted by Crippen LogP contribution is -2.23. The fourth-order valence-corrected chi connectivity index (χ4v) is 2.46. The lowest BCUT2D eigenvalue weighted by atomic mass is 10.0. The van der Waals surface area contributed by atoms with E-state index in [9.17, 15) is 9.90 Å². The molecule has 0 saturated heterocycles. The molecule has 24 heavy (non-hydrogen) atoms. The number of aromatic nitrogens is 2. The lowest BCUT2D eigenvalue weighted by molar-refractivity contribution is -0.138. The van der Waals surface area contributed by atoms with E-state index in [1.54, 1.807) is 6.20 Å². The van der Waals surface area contributed by atoms with Crippen molar-refractivity contribution in [1.29, 1.82) is 0 Å². The van der Waals surface area contributed by atoms with Gasteiger partial charge in [0.05, 0.1) is 12.0 Å². The smallest absolute Gasteiger partial charge is 0.328 e. The minimum atomic E-state index is -0.964. The summed E-state index contributed by atoms with van der Waals surface area (Å²) in [7, 11) is 0. The largest absolute Gasteiger partial charge is 0.480 e. The predicted octanol–water partition coefficient (Wildman–Crippen LogP) is 2.94. The molecule has 120 valence electrons. The van der Waals surface area contributed by atoms with Crippen molar-refractivity contribution in [2.75, 3.05) is 0 Å². The van der Waals surface area contributed by atoms with Crippen LogP contribution in [-0.4, -0.2) is 32.8 Å². The summed E-state index contributed by atoms with van der Waals surface area (Å²) in [5.41, 5.74) is 3.19. The Morgan fingerprint density at radius 1 is 1.04 bits per heavy atom. The second kappa shape index (κ2) is 7.37. The fraction of sp³-hybridized carbons (Fsp3) is 0.105. The molecule has 0 radical (unpaired) electrons. The van der Waals surface area contributed by atoms with Crippen molar-refractivity contribution in [3.8, 4) is 0 Å². The molecule has 3 rings (SSSR count). The van der Waals surface area contributed by atoms with Crippen LogP contribution in [0.3, 0.4) is 0 Å². The van der Waals surface area contributed by atoms with Crippen LogP contribution in [0.2, 0.25) is 0 Å². The Morgan fingerprint density at radius 3 is 2.08 bits per heavy atom. The summed E-state index contributed by atoms with van der Waals surface area (Å²) in [5.74, 6) is -0.964. The molecule has 1 heterocycles. The van der Waals surface area contributed by atoms with Gasteiger partial charge in [0.2, 0.25) is 0 Å². The molecule has 0 saturated carbocycles. The number of nitrogens with one attached hydrogen (secondary N) is 1. The van der Waals surface area contributed by atoms with Crippen LogP contribution in [0.4, 0.5) is 0 Å². The normalized spacial score (nSPS) is 11.7. The van der Waals surface area contributed by atoms with E-state index >= 15 is 0 Å². The van der Waals surface area contributed by atoms with Crippen LogP contribution in [0, 0.1) is 0 Å². The van der Waals surface area contributed by atoms with Crippen molar-refractivity contribution in [1.82, 2.24) is 9.97 Å². The first-order chi connectivity index (χ1) is 11.7. The van der Waals surface area contributed by atoms with E-state index in [1.165, 1.54) is 6.33 Å². The van der Waals surface area contributed by atoms with E-state index < -0.39 is 12.0 Å². The molecule has 3 aromatic rings.